The first-order chi connectivity index (χ1) is 6.37. The van der Waals surface area contributed by atoms with Crippen LogP contribution in [0.5, 0.6) is 0 Å². The lowest BCUT2D eigenvalue weighted by molar-refractivity contribution is -0.138. The fourth-order valence-electron chi connectivity index (χ4n) is 0.796. The standard InChI is InChI=1S/C5H10O2.C4H9NO2/c1-5(2,3)7-4-6;6-3-1-5-2-4(3)7/h4H,1-3H3;3-7H,1-2H2/t;3-,4-/m.0/s1. The third-order valence-electron chi connectivity index (χ3n) is 1.55. The third-order valence-corrected chi connectivity index (χ3v) is 1.55. The summed E-state index contributed by atoms with van der Waals surface area (Å²) >= 11 is 0. The van der Waals surface area contributed by atoms with Crippen molar-refractivity contribution in [2.24, 2.45) is 0 Å². The summed E-state index contributed by atoms with van der Waals surface area (Å²) in [4.78, 5) is 9.60. The van der Waals surface area contributed by atoms with Crippen LogP contribution in [0, 0.1) is 0 Å². The van der Waals surface area contributed by atoms with Crippen LogP contribution < -0.4 is 5.32 Å². The minimum absolute atomic E-state index is 0.318. The van der Waals surface area contributed by atoms with Gasteiger partial charge in [-0.2, -0.15) is 0 Å². The van der Waals surface area contributed by atoms with E-state index in [9.17, 15) is 4.79 Å². The SMILES string of the molecule is CC(C)(C)OC=O.O[C@H]1CNC[C@@H]1O. The van der Waals surface area contributed by atoms with Crippen LogP contribution in [0.3, 0.4) is 0 Å². The van der Waals surface area contributed by atoms with Gasteiger partial charge in [-0.1, -0.05) is 0 Å². The Morgan fingerprint density at radius 3 is 1.79 bits per heavy atom. The highest BCUT2D eigenvalue weighted by Gasteiger charge is 2.21. The molecule has 1 rings (SSSR count). The van der Waals surface area contributed by atoms with E-state index in [0.29, 0.717) is 19.6 Å². The summed E-state index contributed by atoms with van der Waals surface area (Å²) < 4.78 is 4.55. The molecule has 2 atom stereocenters. The van der Waals surface area contributed by atoms with Gasteiger partial charge in [0.2, 0.25) is 0 Å². The second-order valence-corrected chi connectivity index (χ2v) is 4.12. The molecule has 1 fully saturated rings. The van der Waals surface area contributed by atoms with Crippen LogP contribution in [0.25, 0.3) is 0 Å². The van der Waals surface area contributed by atoms with E-state index in [2.05, 4.69) is 10.1 Å². The van der Waals surface area contributed by atoms with Gasteiger partial charge in [0.25, 0.3) is 6.47 Å². The lowest BCUT2D eigenvalue weighted by Crippen LogP contribution is -2.22. The highest BCUT2D eigenvalue weighted by molar-refractivity contribution is 5.37. The molecular weight excluding hydrogens is 186 g/mol. The molecule has 14 heavy (non-hydrogen) atoms. The molecule has 84 valence electrons. The Morgan fingerprint density at radius 1 is 1.29 bits per heavy atom. The molecule has 3 N–H and O–H groups in total. The van der Waals surface area contributed by atoms with Gasteiger partial charge < -0.3 is 20.3 Å². The Kier molecular flexibility index (Phi) is 5.68. The average molecular weight is 205 g/mol. The van der Waals surface area contributed by atoms with Crippen molar-refractivity contribution in [3.8, 4) is 0 Å². The van der Waals surface area contributed by atoms with Gasteiger partial charge in [0, 0.05) is 13.1 Å². The molecule has 0 aromatic rings. The van der Waals surface area contributed by atoms with E-state index in [4.69, 9.17) is 10.2 Å². The maximum Gasteiger partial charge on any atom is 0.293 e. The molecule has 5 nitrogen and oxygen atoms in total. The van der Waals surface area contributed by atoms with Crippen molar-refractivity contribution in [2.45, 2.75) is 38.6 Å². The molecule has 0 bridgehead atoms. The van der Waals surface area contributed by atoms with E-state index in [0.717, 1.165) is 0 Å². The van der Waals surface area contributed by atoms with Gasteiger partial charge >= 0.3 is 0 Å². The van der Waals surface area contributed by atoms with Gasteiger partial charge in [-0.25, -0.2) is 0 Å². The number of hydrogen-bond acceptors (Lipinski definition) is 5. The fraction of sp³-hybridized carbons (Fsp3) is 0.889. The van der Waals surface area contributed by atoms with E-state index in [1.165, 1.54) is 0 Å². The smallest absolute Gasteiger partial charge is 0.293 e. The molecular formula is C9H19NO4. The normalized spacial score (nSPS) is 26.4. The second kappa shape index (κ2) is 5.95. The van der Waals surface area contributed by atoms with Crippen LogP contribution >= 0.6 is 0 Å². The first-order valence-corrected chi connectivity index (χ1v) is 4.55. The van der Waals surface area contributed by atoms with Gasteiger partial charge in [0.15, 0.2) is 0 Å². The van der Waals surface area contributed by atoms with Crippen molar-refractivity contribution in [1.82, 2.24) is 5.32 Å². The molecule has 0 radical (unpaired) electrons. The third kappa shape index (κ3) is 6.82. The maximum atomic E-state index is 9.60. The zero-order chi connectivity index (χ0) is 11.2. The summed E-state index contributed by atoms with van der Waals surface area (Å²) in [6.07, 6.45) is -1.08. The molecule has 0 spiro atoms. The second-order valence-electron chi connectivity index (χ2n) is 4.12. The Labute approximate surface area is 84.1 Å². The molecule has 0 unspecified atom stereocenters. The van der Waals surface area contributed by atoms with E-state index < -0.39 is 12.2 Å². The average Bonchev–Trinajstić information content (AvgIpc) is 2.35. The van der Waals surface area contributed by atoms with E-state index >= 15 is 0 Å². The van der Waals surface area contributed by atoms with Crippen LogP contribution in [0.4, 0.5) is 0 Å². The van der Waals surface area contributed by atoms with Crippen LogP contribution in [-0.2, 0) is 9.53 Å². The lowest BCUT2D eigenvalue weighted by Gasteiger charge is -2.14. The van der Waals surface area contributed by atoms with Gasteiger partial charge in [-0.15, -0.1) is 0 Å². The van der Waals surface area contributed by atoms with Crippen LogP contribution in [0.15, 0.2) is 0 Å². The molecule has 0 aliphatic carbocycles. The van der Waals surface area contributed by atoms with Gasteiger partial charge in [0.05, 0.1) is 12.2 Å². The van der Waals surface area contributed by atoms with Crippen molar-refractivity contribution >= 4 is 6.47 Å². The summed E-state index contributed by atoms with van der Waals surface area (Å²) in [7, 11) is 0. The summed E-state index contributed by atoms with van der Waals surface area (Å²) in [5.41, 5.74) is -0.318. The summed E-state index contributed by atoms with van der Waals surface area (Å²) in [6, 6.07) is 0. The molecule has 1 aliphatic heterocycles. The number of carbonyl (C=O) groups is 1. The monoisotopic (exact) mass is 205 g/mol. The van der Waals surface area contributed by atoms with Crippen molar-refractivity contribution in [3.05, 3.63) is 0 Å². The topological polar surface area (TPSA) is 78.8 Å². The first-order valence-electron chi connectivity index (χ1n) is 4.55. The minimum atomic E-state index is -0.542. The maximum absolute atomic E-state index is 9.60. The van der Waals surface area contributed by atoms with Crippen LogP contribution in [0.2, 0.25) is 0 Å². The summed E-state index contributed by atoms with van der Waals surface area (Å²) in [5.74, 6) is 0. The molecule has 0 aromatic carbocycles. The first kappa shape index (κ1) is 13.4. The largest absolute Gasteiger partial charge is 0.462 e. The Bertz CT molecular complexity index is 159. The molecule has 1 aliphatic rings. The molecule has 1 saturated heterocycles. The van der Waals surface area contributed by atoms with E-state index in [1.807, 2.05) is 20.8 Å². The predicted molar refractivity (Wildman–Crippen MR) is 51.8 cm³/mol. The zero-order valence-electron chi connectivity index (χ0n) is 8.86. The molecule has 0 amide bonds. The fourth-order valence-corrected chi connectivity index (χ4v) is 0.796. The summed E-state index contributed by atoms with van der Waals surface area (Å²) in [6.45, 7) is 6.98. The number of hydrogen-bond donors (Lipinski definition) is 3. The Hall–Kier alpha value is -0.650. The van der Waals surface area contributed by atoms with Gasteiger partial charge in [-0.3, -0.25) is 4.79 Å². The summed E-state index contributed by atoms with van der Waals surface area (Å²) in [5, 5.41) is 20.2. The van der Waals surface area contributed by atoms with Gasteiger partial charge in [-0.05, 0) is 20.8 Å². The zero-order valence-corrected chi connectivity index (χ0v) is 8.86. The number of nitrogens with one attached hydrogen (secondary N) is 1. The van der Waals surface area contributed by atoms with Crippen LogP contribution in [0.1, 0.15) is 20.8 Å². The van der Waals surface area contributed by atoms with E-state index in [-0.39, 0.29) is 5.60 Å². The number of ether oxygens (including phenoxy) is 1. The predicted octanol–water partition coefficient (Wildman–Crippen LogP) is -0.731. The van der Waals surface area contributed by atoms with E-state index in [1.54, 1.807) is 0 Å². The van der Waals surface area contributed by atoms with Crippen molar-refractivity contribution < 1.29 is 19.7 Å². The quantitative estimate of drug-likeness (QED) is 0.492. The highest BCUT2D eigenvalue weighted by Crippen LogP contribution is 2.02. The number of β-amino-alcohol motifs (C(OH)–C–C–N with tert-alkyl or cyclic N) is 2. The molecule has 5 heteroatoms. The van der Waals surface area contributed by atoms with Gasteiger partial charge in [0.1, 0.15) is 5.60 Å². The lowest BCUT2D eigenvalue weighted by atomic mass is 10.2. The number of rotatable bonds is 1. The Morgan fingerprint density at radius 2 is 1.71 bits per heavy atom. The molecule has 0 aromatic heterocycles. The number of carbonyl (C=O) groups excluding carboxylic acids is 1. The molecule has 1 heterocycles. The molecule has 0 saturated carbocycles. The van der Waals surface area contributed by atoms with Crippen molar-refractivity contribution in [1.29, 1.82) is 0 Å². The number of aliphatic hydroxyl groups is 2. The highest BCUT2D eigenvalue weighted by atomic mass is 16.5. The van der Waals surface area contributed by atoms with Crippen molar-refractivity contribution in [2.75, 3.05) is 13.1 Å². The van der Waals surface area contributed by atoms with Crippen LogP contribution in [-0.4, -0.2) is 47.6 Å². The minimum Gasteiger partial charge on any atom is -0.462 e. The Balaban J connectivity index is 0.000000241. The number of aliphatic hydroxyl groups excluding tert-OH is 2. The van der Waals surface area contributed by atoms with Crippen molar-refractivity contribution in [3.63, 3.8) is 0 Å².